The minimum Gasteiger partial charge on any atom is -0.322 e. The maximum absolute atomic E-state index is 12.4. The Hall–Kier alpha value is -2.04. The van der Waals surface area contributed by atoms with E-state index in [0.29, 0.717) is 21.3 Å². The van der Waals surface area contributed by atoms with Crippen molar-refractivity contribution < 1.29 is 4.79 Å². The van der Waals surface area contributed by atoms with Crippen LogP contribution >= 0.6 is 23.2 Å². The van der Waals surface area contributed by atoms with Gasteiger partial charge in [-0.3, -0.25) is 4.79 Å². The van der Waals surface area contributed by atoms with Crippen molar-refractivity contribution in [2.45, 2.75) is 20.3 Å². The van der Waals surface area contributed by atoms with E-state index in [2.05, 4.69) is 17.2 Å². The molecule has 3 rings (SSSR count). The molecule has 23 heavy (non-hydrogen) atoms. The van der Waals surface area contributed by atoms with Crippen LogP contribution in [0.5, 0.6) is 0 Å². The first-order valence-electron chi connectivity index (χ1n) is 7.23. The highest BCUT2D eigenvalue weighted by molar-refractivity contribution is 6.35. The Kier molecular flexibility index (Phi) is 4.28. The number of hydrogen-bond acceptors (Lipinski definition) is 2. The molecule has 2 aromatic heterocycles. The van der Waals surface area contributed by atoms with Crippen LogP contribution in [0.2, 0.25) is 10.0 Å². The lowest BCUT2D eigenvalue weighted by molar-refractivity contribution is 0.102. The Balaban J connectivity index is 1.92. The number of fused-ring (bicyclic) bond motifs is 1. The number of nitrogens with one attached hydrogen (secondary N) is 1. The highest BCUT2D eigenvalue weighted by atomic mass is 35.5. The molecule has 3 aromatic rings. The summed E-state index contributed by atoms with van der Waals surface area (Å²) >= 11 is 11.9. The summed E-state index contributed by atoms with van der Waals surface area (Å²) < 4.78 is 1.93. The molecule has 2 heterocycles. The van der Waals surface area contributed by atoms with Gasteiger partial charge in [-0.2, -0.15) is 0 Å². The lowest BCUT2D eigenvalue weighted by atomic mass is 10.2. The summed E-state index contributed by atoms with van der Waals surface area (Å²) in [5.74, 6) is -0.226. The molecular formula is C17H15Cl2N3O. The molecule has 1 amide bonds. The van der Waals surface area contributed by atoms with Gasteiger partial charge in [-0.25, -0.2) is 4.98 Å². The summed E-state index contributed by atoms with van der Waals surface area (Å²) in [5, 5.41) is 3.75. The topological polar surface area (TPSA) is 46.4 Å². The molecule has 4 nitrogen and oxygen atoms in total. The number of anilines is 1. The highest BCUT2D eigenvalue weighted by Gasteiger charge is 2.11. The van der Waals surface area contributed by atoms with Crippen molar-refractivity contribution in [1.29, 1.82) is 0 Å². The molecule has 0 spiro atoms. The van der Waals surface area contributed by atoms with Crippen LogP contribution in [0.15, 0.2) is 36.5 Å². The van der Waals surface area contributed by atoms with Gasteiger partial charge in [0.2, 0.25) is 0 Å². The average Bonchev–Trinajstić information content (AvgIpc) is 2.82. The van der Waals surface area contributed by atoms with Gasteiger partial charge in [0.05, 0.1) is 11.3 Å². The van der Waals surface area contributed by atoms with E-state index in [-0.39, 0.29) is 5.91 Å². The minimum atomic E-state index is -0.226. The van der Waals surface area contributed by atoms with Gasteiger partial charge in [-0.15, -0.1) is 0 Å². The fraction of sp³-hybridized carbons (Fsp3) is 0.176. The number of carbonyl (C=O) groups is 1. The van der Waals surface area contributed by atoms with E-state index in [1.54, 1.807) is 30.5 Å². The van der Waals surface area contributed by atoms with Crippen LogP contribution in [0.3, 0.4) is 0 Å². The molecule has 0 aliphatic carbocycles. The largest absolute Gasteiger partial charge is 0.322 e. The minimum absolute atomic E-state index is 0.226. The normalized spacial score (nSPS) is 11.0. The third-order valence-corrected chi connectivity index (χ3v) is 4.11. The zero-order valence-electron chi connectivity index (χ0n) is 12.7. The number of hydrogen-bond donors (Lipinski definition) is 1. The predicted molar refractivity (Wildman–Crippen MR) is 93.7 cm³/mol. The van der Waals surface area contributed by atoms with Crippen LogP contribution in [0.4, 0.5) is 5.69 Å². The number of nitrogens with zero attached hydrogens (tertiary/aromatic N) is 2. The molecule has 0 aliphatic heterocycles. The molecule has 0 saturated carbocycles. The van der Waals surface area contributed by atoms with Crippen molar-refractivity contribution in [3.8, 4) is 0 Å². The first-order chi connectivity index (χ1) is 11.0. The predicted octanol–water partition coefficient (Wildman–Crippen LogP) is 4.76. The van der Waals surface area contributed by atoms with Crippen LogP contribution in [0.1, 0.15) is 28.7 Å². The van der Waals surface area contributed by atoms with Gasteiger partial charge in [0.15, 0.2) is 0 Å². The van der Waals surface area contributed by atoms with Crippen LogP contribution in [-0.2, 0) is 6.42 Å². The highest BCUT2D eigenvalue weighted by Crippen LogP contribution is 2.23. The molecule has 6 heteroatoms. The van der Waals surface area contributed by atoms with E-state index < -0.39 is 0 Å². The fourth-order valence-corrected chi connectivity index (χ4v) is 3.04. The summed E-state index contributed by atoms with van der Waals surface area (Å²) in [5.41, 5.74) is 4.01. The van der Waals surface area contributed by atoms with E-state index in [9.17, 15) is 4.79 Å². The van der Waals surface area contributed by atoms with Gasteiger partial charge in [0, 0.05) is 27.6 Å². The van der Waals surface area contributed by atoms with Crippen LogP contribution in [0, 0.1) is 6.92 Å². The number of benzene rings is 1. The SMILES string of the molecule is CCc1nc2ccc(C(=O)Nc3cc(Cl)cc(Cl)c3)cn2c1C. The van der Waals surface area contributed by atoms with E-state index in [0.717, 1.165) is 23.5 Å². The molecule has 0 fully saturated rings. The maximum atomic E-state index is 12.4. The third kappa shape index (κ3) is 3.19. The quantitative estimate of drug-likeness (QED) is 0.741. The van der Waals surface area contributed by atoms with Crippen molar-refractivity contribution in [2.75, 3.05) is 5.32 Å². The van der Waals surface area contributed by atoms with Gasteiger partial charge in [-0.05, 0) is 43.7 Å². The van der Waals surface area contributed by atoms with E-state index in [4.69, 9.17) is 23.2 Å². The van der Waals surface area contributed by atoms with Crippen molar-refractivity contribution in [2.24, 2.45) is 0 Å². The summed E-state index contributed by atoms with van der Waals surface area (Å²) in [6.07, 6.45) is 2.65. The smallest absolute Gasteiger partial charge is 0.257 e. The molecule has 1 aromatic carbocycles. The number of pyridine rings is 1. The Morgan fingerprint density at radius 3 is 2.57 bits per heavy atom. The molecule has 1 N–H and O–H groups in total. The Morgan fingerprint density at radius 1 is 1.22 bits per heavy atom. The number of amides is 1. The first-order valence-corrected chi connectivity index (χ1v) is 7.98. The van der Waals surface area contributed by atoms with Crippen molar-refractivity contribution >= 4 is 40.4 Å². The van der Waals surface area contributed by atoms with Crippen LogP contribution in [-0.4, -0.2) is 15.3 Å². The molecule has 0 atom stereocenters. The van der Waals surface area contributed by atoms with Gasteiger partial charge < -0.3 is 9.72 Å². The van der Waals surface area contributed by atoms with Gasteiger partial charge in [0.1, 0.15) is 5.65 Å². The second kappa shape index (κ2) is 6.22. The van der Waals surface area contributed by atoms with E-state index >= 15 is 0 Å². The van der Waals surface area contributed by atoms with Gasteiger partial charge >= 0.3 is 0 Å². The number of imidazole rings is 1. The Morgan fingerprint density at radius 2 is 1.91 bits per heavy atom. The summed E-state index contributed by atoms with van der Waals surface area (Å²) in [6, 6.07) is 8.52. The molecule has 0 saturated heterocycles. The molecule has 0 aliphatic rings. The number of aryl methyl sites for hydroxylation is 2. The molecule has 118 valence electrons. The van der Waals surface area contributed by atoms with Gasteiger partial charge in [0.25, 0.3) is 5.91 Å². The second-order valence-electron chi connectivity index (χ2n) is 5.26. The zero-order valence-corrected chi connectivity index (χ0v) is 14.2. The van der Waals surface area contributed by atoms with Gasteiger partial charge in [-0.1, -0.05) is 30.1 Å². The van der Waals surface area contributed by atoms with Crippen LogP contribution in [0.25, 0.3) is 5.65 Å². The lowest BCUT2D eigenvalue weighted by Crippen LogP contribution is -2.12. The monoisotopic (exact) mass is 347 g/mol. The number of rotatable bonds is 3. The van der Waals surface area contributed by atoms with E-state index in [1.807, 2.05) is 17.4 Å². The third-order valence-electron chi connectivity index (χ3n) is 3.67. The Labute approximate surface area is 144 Å². The number of carbonyl (C=O) groups excluding carboxylic acids is 1. The summed E-state index contributed by atoms with van der Waals surface area (Å²) in [6.45, 7) is 4.06. The zero-order chi connectivity index (χ0) is 16.6. The lowest BCUT2D eigenvalue weighted by Gasteiger charge is -2.07. The second-order valence-corrected chi connectivity index (χ2v) is 6.13. The standard InChI is InChI=1S/C17H15Cl2N3O/c1-3-15-10(2)22-9-11(4-5-16(22)21-15)17(23)20-14-7-12(18)6-13(19)8-14/h4-9H,3H2,1-2H3,(H,20,23). The average molecular weight is 348 g/mol. The van der Waals surface area contributed by atoms with E-state index in [1.165, 1.54) is 0 Å². The summed E-state index contributed by atoms with van der Waals surface area (Å²) in [7, 11) is 0. The molecular weight excluding hydrogens is 333 g/mol. The van der Waals surface area contributed by atoms with Crippen molar-refractivity contribution in [1.82, 2.24) is 9.38 Å². The van der Waals surface area contributed by atoms with Crippen molar-refractivity contribution in [3.63, 3.8) is 0 Å². The number of halogens is 2. The fourth-order valence-electron chi connectivity index (χ4n) is 2.51. The van der Waals surface area contributed by atoms with Crippen molar-refractivity contribution in [3.05, 3.63) is 63.5 Å². The Bertz CT molecular complexity index is 882. The first kappa shape index (κ1) is 15.8. The molecule has 0 unspecified atom stereocenters. The summed E-state index contributed by atoms with van der Waals surface area (Å²) in [4.78, 5) is 17.0. The molecule has 0 bridgehead atoms. The van der Waals surface area contributed by atoms with Crippen LogP contribution < -0.4 is 5.32 Å². The maximum Gasteiger partial charge on any atom is 0.257 e. The number of aromatic nitrogens is 2. The molecule has 0 radical (unpaired) electrons.